The van der Waals surface area contributed by atoms with Crippen LogP contribution in [0.5, 0.6) is 0 Å². The van der Waals surface area contributed by atoms with E-state index in [4.69, 9.17) is 34.0 Å². The Bertz CT molecular complexity index is 221. The van der Waals surface area contributed by atoms with E-state index in [1.54, 1.807) is 0 Å². The number of carboxylic acid groups (broad SMARTS) is 1. The Morgan fingerprint density at radius 1 is 1.20 bits per heavy atom. The van der Waals surface area contributed by atoms with E-state index in [1.807, 2.05) is 0 Å². The number of carbonyl (C=O) groups is 2. The van der Waals surface area contributed by atoms with Crippen molar-refractivity contribution in [3.05, 3.63) is 0 Å². The maximum absolute atomic E-state index is 11.0. The molecule has 0 aliphatic rings. The second kappa shape index (κ2) is 7.91. The molecule has 6 heteroatoms. The molecular weight excluding hydrogens is 241 g/mol. The number of nitrogens with two attached hydrogens (primary N) is 1. The zero-order chi connectivity index (χ0) is 11.8. The van der Waals surface area contributed by atoms with Crippen LogP contribution in [0.4, 0.5) is 0 Å². The Morgan fingerprint density at radius 2 is 1.80 bits per heavy atom. The number of carboxylic acids is 1. The van der Waals surface area contributed by atoms with E-state index in [2.05, 4.69) is 0 Å². The molecule has 0 spiro atoms. The van der Waals surface area contributed by atoms with Crippen molar-refractivity contribution in [1.82, 2.24) is 0 Å². The molecular formula is C9H15Cl2NO3. The van der Waals surface area contributed by atoms with Crippen LogP contribution in [0.2, 0.25) is 0 Å². The van der Waals surface area contributed by atoms with E-state index in [1.165, 1.54) is 0 Å². The number of alkyl halides is 2. The first-order valence-electron chi connectivity index (χ1n) is 4.74. The van der Waals surface area contributed by atoms with E-state index in [0.717, 1.165) is 6.42 Å². The Morgan fingerprint density at radius 3 is 2.27 bits per heavy atom. The molecule has 0 heterocycles. The highest BCUT2D eigenvalue weighted by molar-refractivity contribution is 6.53. The first kappa shape index (κ1) is 14.7. The number of hydrogen-bond acceptors (Lipinski definition) is 3. The van der Waals surface area contributed by atoms with Crippen LogP contribution in [0.1, 0.15) is 32.1 Å². The van der Waals surface area contributed by atoms with Gasteiger partial charge in [-0.15, -0.1) is 0 Å². The van der Waals surface area contributed by atoms with Gasteiger partial charge in [-0.2, -0.15) is 0 Å². The SMILES string of the molecule is N[C@@H](CCCCCC(=O)C(Cl)Cl)C(=O)O. The zero-order valence-electron chi connectivity index (χ0n) is 8.29. The lowest BCUT2D eigenvalue weighted by Crippen LogP contribution is -2.29. The summed E-state index contributed by atoms with van der Waals surface area (Å²) < 4.78 is 0. The van der Waals surface area contributed by atoms with Crippen LogP contribution in [0.25, 0.3) is 0 Å². The minimum atomic E-state index is -0.993. The van der Waals surface area contributed by atoms with Crippen molar-refractivity contribution in [3.63, 3.8) is 0 Å². The van der Waals surface area contributed by atoms with Crippen molar-refractivity contribution in [2.45, 2.75) is 43.0 Å². The molecule has 0 amide bonds. The van der Waals surface area contributed by atoms with E-state index in [9.17, 15) is 9.59 Å². The van der Waals surface area contributed by atoms with Crippen LogP contribution in [-0.4, -0.2) is 27.7 Å². The minimum absolute atomic E-state index is 0.194. The molecule has 0 aliphatic heterocycles. The summed E-state index contributed by atoms with van der Waals surface area (Å²) in [6.45, 7) is 0. The molecule has 88 valence electrons. The maximum Gasteiger partial charge on any atom is 0.320 e. The van der Waals surface area contributed by atoms with Crippen LogP contribution in [-0.2, 0) is 9.59 Å². The maximum atomic E-state index is 11.0. The van der Waals surface area contributed by atoms with E-state index in [0.29, 0.717) is 25.7 Å². The highest BCUT2D eigenvalue weighted by Crippen LogP contribution is 2.11. The van der Waals surface area contributed by atoms with Crippen molar-refractivity contribution in [2.75, 3.05) is 0 Å². The number of hydrogen-bond donors (Lipinski definition) is 2. The summed E-state index contributed by atoms with van der Waals surface area (Å²) in [7, 11) is 0. The third-order valence-electron chi connectivity index (χ3n) is 2.00. The highest BCUT2D eigenvalue weighted by Gasteiger charge is 2.12. The lowest BCUT2D eigenvalue weighted by atomic mass is 10.1. The Labute approximate surface area is 98.7 Å². The molecule has 0 saturated heterocycles. The molecule has 4 nitrogen and oxygen atoms in total. The molecule has 0 aromatic heterocycles. The second-order valence-electron chi connectivity index (χ2n) is 3.31. The Balaban J connectivity index is 3.40. The fourth-order valence-electron chi connectivity index (χ4n) is 1.07. The number of ketones is 1. The second-order valence-corrected chi connectivity index (χ2v) is 4.41. The standard InChI is InChI=1S/C9H15Cl2NO3/c10-8(11)7(13)5-3-1-2-4-6(12)9(14)15/h6,8H,1-5,12H2,(H,14,15)/t6-/m0/s1. The van der Waals surface area contributed by atoms with Crippen molar-refractivity contribution < 1.29 is 14.7 Å². The van der Waals surface area contributed by atoms with Gasteiger partial charge in [0.2, 0.25) is 0 Å². The summed E-state index contributed by atoms with van der Waals surface area (Å²) >= 11 is 10.7. The van der Waals surface area contributed by atoms with Crippen molar-refractivity contribution in [1.29, 1.82) is 0 Å². The average molecular weight is 256 g/mol. The van der Waals surface area contributed by atoms with Gasteiger partial charge < -0.3 is 10.8 Å². The third kappa shape index (κ3) is 7.59. The molecule has 0 saturated carbocycles. The fraction of sp³-hybridized carbons (Fsp3) is 0.778. The van der Waals surface area contributed by atoms with Gasteiger partial charge in [-0.25, -0.2) is 0 Å². The minimum Gasteiger partial charge on any atom is -0.480 e. The van der Waals surface area contributed by atoms with Crippen LogP contribution >= 0.6 is 23.2 Å². The predicted octanol–water partition coefficient (Wildman–Crippen LogP) is 1.72. The van der Waals surface area contributed by atoms with Crippen LogP contribution in [0.3, 0.4) is 0 Å². The largest absolute Gasteiger partial charge is 0.480 e. The summed E-state index contributed by atoms with van der Waals surface area (Å²) in [6, 6.07) is -0.811. The van der Waals surface area contributed by atoms with Gasteiger partial charge >= 0.3 is 5.97 Å². The summed E-state index contributed by atoms with van der Waals surface area (Å²) in [5.41, 5.74) is 5.30. The topological polar surface area (TPSA) is 80.4 Å². The van der Waals surface area contributed by atoms with Crippen molar-refractivity contribution in [3.8, 4) is 0 Å². The van der Waals surface area contributed by atoms with Gasteiger partial charge in [0.15, 0.2) is 10.6 Å². The molecule has 15 heavy (non-hydrogen) atoms. The normalized spacial score (nSPS) is 12.8. The summed E-state index contributed by atoms with van der Waals surface area (Å²) in [4.78, 5) is 20.4. The number of rotatable bonds is 8. The lowest BCUT2D eigenvalue weighted by molar-refractivity contribution is -0.138. The van der Waals surface area contributed by atoms with Crippen LogP contribution in [0, 0.1) is 0 Å². The van der Waals surface area contributed by atoms with Crippen molar-refractivity contribution in [2.24, 2.45) is 5.73 Å². The quantitative estimate of drug-likeness (QED) is 0.511. The summed E-state index contributed by atoms with van der Waals surface area (Å²) in [5.74, 6) is -1.19. The van der Waals surface area contributed by atoms with Gasteiger partial charge in [0, 0.05) is 6.42 Å². The number of halogens is 2. The molecule has 0 aromatic carbocycles. The lowest BCUT2D eigenvalue weighted by Gasteiger charge is -2.05. The molecule has 0 rings (SSSR count). The van der Waals surface area contributed by atoms with Crippen LogP contribution < -0.4 is 5.73 Å². The van der Waals surface area contributed by atoms with Crippen LogP contribution in [0.15, 0.2) is 0 Å². The number of aliphatic carboxylic acids is 1. The zero-order valence-corrected chi connectivity index (χ0v) is 9.80. The van der Waals surface area contributed by atoms with E-state index >= 15 is 0 Å². The van der Waals surface area contributed by atoms with E-state index < -0.39 is 16.8 Å². The van der Waals surface area contributed by atoms with Gasteiger partial charge in [0.25, 0.3) is 0 Å². The number of Topliss-reactive ketones (excluding diaryl/α,β-unsaturated/α-hetero) is 1. The Kier molecular flexibility index (Phi) is 7.74. The first-order valence-corrected chi connectivity index (χ1v) is 5.61. The number of carbonyl (C=O) groups excluding carboxylic acids is 1. The van der Waals surface area contributed by atoms with E-state index in [-0.39, 0.29) is 5.78 Å². The Hall–Kier alpha value is -0.320. The van der Waals surface area contributed by atoms with Gasteiger partial charge in [-0.3, -0.25) is 9.59 Å². The molecule has 0 bridgehead atoms. The molecule has 0 aromatic rings. The fourth-order valence-corrected chi connectivity index (χ4v) is 1.29. The highest BCUT2D eigenvalue weighted by atomic mass is 35.5. The molecule has 3 N–H and O–H groups in total. The molecule has 0 unspecified atom stereocenters. The summed E-state index contributed by atoms with van der Waals surface area (Å²) in [6.07, 6.45) is 2.87. The predicted molar refractivity (Wildman–Crippen MR) is 59.2 cm³/mol. The van der Waals surface area contributed by atoms with Gasteiger partial charge in [0.05, 0.1) is 0 Å². The molecule has 0 aliphatic carbocycles. The third-order valence-corrected chi connectivity index (χ3v) is 2.49. The van der Waals surface area contributed by atoms with Gasteiger partial charge in [-0.1, -0.05) is 36.0 Å². The monoisotopic (exact) mass is 255 g/mol. The molecule has 0 fully saturated rings. The smallest absolute Gasteiger partial charge is 0.320 e. The van der Waals surface area contributed by atoms with Crippen molar-refractivity contribution >= 4 is 35.0 Å². The molecule has 1 atom stereocenters. The number of unbranched alkanes of at least 4 members (excludes halogenated alkanes) is 2. The first-order chi connectivity index (χ1) is 6.95. The molecule has 0 radical (unpaired) electrons. The summed E-state index contributed by atoms with van der Waals surface area (Å²) in [5, 5.41) is 8.49. The average Bonchev–Trinajstić information content (AvgIpc) is 2.16. The van der Waals surface area contributed by atoms with Gasteiger partial charge in [0.1, 0.15) is 6.04 Å². The van der Waals surface area contributed by atoms with Gasteiger partial charge in [-0.05, 0) is 12.8 Å².